The van der Waals surface area contributed by atoms with Crippen molar-refractivity contribution in [1.82, 2.24) is 4.90 Å². The standard InChI is InChI=1S/C14H22N2OS2/c1-16(8-10-19-2)7-4-9-17-13-6-3-5-12(11-13)14(15)18/h3,5-6,11H,4,7-10H2,1-2H3,(H2,15,18). The number of benzene rings is 1. The molecule has 0 aliphatic rings. The Hall–Kier alpha value is -0.780. The molecule has 19 heavy (non-hydrogen) atoms. The van der Waals surface area contributed by atoms with Gasteiger partial charge in [0.15, 0.2) is 0 Å². The molecule has 1 aromatic rings. The number of nitrogens with two attached hydrogens (primary N) is 1. The van der Waals surface area contributed by atoms with Gasteiger partial charge >= 0.3 is 0 Å². The van der Waals surface area contributed by atoms with Crippen LogP contribution in [-0.2, 0) is 0 Å². The summed E-state index contributed by atoms with van der Waals surface area (Å²) in [4.78, 5) is 2.73. The molecule has 1 aromatic carbocycles. The molecular formula is C14H22N2OS2. The topological polar surface area (TPSA) is 38.5 Å². The van der Waals surface area contributed by atoms with Gasteiger partial charge in [0.2, 0.25) is 0 Å². The number of rotatable bonds is 9. The Morgan fingerprint density at radius 3 is 2.89 bits per heavy atom. The largest absolute Gasteiger partial charge is 0.494 e. The fourth-order valence-electron chi connectivity index (χ4n) is 1.62. The first-order valence-corrected chi connectivity index (χ1v) is 8.14. The van der Waals surface area contributed by atoms with Gasteiger partial charge in [-0.05, 0) is 31.9 Å². The van der Waals surface area contributed by atoms with Crippen LogP contribution in [0.4, 0.5) is 0 Å². The van der Waals surface area contributed by atoms with E-state index in [4.69, 9.17) is 22.7 Å². The summed E-state index contributed by atoms with van der Waals surface area (Å²) >= 11 is 6.82. The number of hydrogen-bond acceptors (Lipinski definition) is 4. The molecule has 0 radical (unpaired) electrons. The maximum absolute atomic E-state index is 5.70. The summed E-state index contributed by atoms with van der Waals surface area (Å²) in [5.41, 5.74) is 6.44. The molecule has 0 saturated heterocycles. The molecular weight excluding hydrogens is 276 g/mol. The maximum Gasteiger partial charge on any atom is 0.119 e. The molecule has 0 aromatic heterocycles. The number of ether oxygens (including phenoxy) is 1. The van der Waals surface area contributed by atoms with Crippen molar-refractivity contribution in [3.05, 3.63) is 29.8 Å². The zero-order chi connectivity index (χ0) is 14.1. The van der Waals surface area contributed by atoms with Crippen molar-refractivity contribution >= 4 is 29.0 Å². The Morgan fingerprint density at radius 1 is 1.42 bits per heavy atom. The maximum atomic E-state index is 5.70. The lowest BCUT2D eigenvalue weighted by Crippen LogP contribution is -2.23. The minimum absolute atomic E-state index is 0.405. The van der Waals surface area contributed by atoms with Gasteiger partial charge in [-0.15, -0.1) is 0 Å². The van der Waals surface area contributed by atoms with Gasteiger partial charge in [-0.2, -0.15) is 11.8 Å². The monoisotopic (exact) mass is 298 g/mol. The molecule has 0 aliphatic carbocycles. The molecule has 106 valence electrons. The summed E-state index contributed by atoms with van der Waals surface area (Å²) < 4.78 is 5.70. The number of thiocarbonyl (C=S) groups is 1. The molecule has 1 rings (SSSR count). The molecule has 0 fully saturated rings. The van der Waals surface area contributed by atoms with Gasteiger partial charge in [0, 0.05) is 24.4 Å². The van der Waals surface area contributed by atoms with Gasteiger partial charge in [0.05, 0.1) is 6.61 Å². The second-order valence-electron chi connectivity index (χ2n) is 4.39. The zero-order valence-electron chi connectivity index (χ0n) is 11.6. The van der Waals surface area contributed by atoms with Crippen molar-refractivity contribution in [1.29, 1.82) is 0 Å². The van der Waals surface area contributed by atoms with E-state index in [1.807, 2.05) is 36.0 Å². The number of nitrogens with zero attached hydrogens (tertiary/aromatic N) is 1. The summed E-state index contributed by atoms with van der Waals surface area (Å²) in [6.45, 7) is 2.89. The Morgan fingerprint density at radius 2 is 2.21 bits per heavy atom. The van der Waals surface area contributed by atoms with E-state index in [1.54, 1.807) is 0 Å². The van der Waals surface area contributed by atoms with Crippen molar-refractivity contribution in [2.45, 2.75) is 6.42 Å². The molecule has 0 unspecified atom stereocenters. The lowest BCUT2D eigenvalue weighted by Gasteiger charge is -2.15. The molecule has 5 heteroatoms. The van der Waals surface area contributed by atoms with Gasteiger partial charge in [-0.3, -0.25) is 0 Å². The Balaban J connectivity index is 2.25. The summed E-state index contributed by atoms with van der Waals surface area (Å²) in [6, 6.07) is 7.62. The van der Waals surface area contributed by atoms with Crippen molar-refractivity contribution in [3.8, 4) is 5.75 Å². The van der Waals surface area contributed by atoms with Crippen molar-refractivity contribution < 1.29 is 4.74 Å². The highest BCUT2D eigenvalue weighted by Gasteiger charge is 2.00. The van der Waals surface area contributed by atoms with Crippen molar-refractivity contribution in [3.63, 3.8) is 0 Å². The van der Waals surface area contributed by atoms with Gasteiger partial charge in [-0.25, -0.2) is 0 Å². The van der Waals surface area contributed by atoms with Crippen LogP contribution in [0.1, 0.15) is 12.0 Å². The number of thioether (sulfide) groups is 1. The Kier molecular flexibility index (Phi) is 7.86. The van der Waals surface area contributed by atoms with Crippen LogP contribution in [0.15, 0.2) is 24.3 Å². The van der Waals surface area contributed by atoms with E-state index < -0.39 is 0 Å². The molecule has 0 spiro atoms. The quantitative estimate of drug-likeness (QED) is 0.560. The van der Waals surface area contributed by atoms with E-state index in [9.17, 15) is 0 Å². The highest BCUT2D eigenvalue weighted by Crippen LogP contribution is 2.13. The van der Waals surface area contributed by atoms with Crippen LogP contribution in [0.3, 0.4) is 0 Å². The Labute approximate surface area is 125 Å². The lowest BCUT2D eigenvalue weighted by atomic mass is 10.2. The average Bonchev–Trinajstić information content (AvgIpc) is 2.41. The van der Waals surface area contributed by atoms with E-state index in [2.05, 4.69) is 18.2 Å². The average molecular weight is 298 g/mol. The van der Waals surface area contributed by atoms with E-state index >= 15 is 0 Å². The molecule has 0 saturated carbocycles. The van der Waals surface area contributed by atoms with Crippen LogP contribution in [0.5, 0.6) is 5.75 Å². The molecule has 3 nitrogen and oxygen atoms in total. The Bertz CT molecular complexity index is 399. The fraction of sp³-hybridized carbons (Fsp3) is 0.500. The SMILES string of the molecule is CSCCN(C)CCCOc1cccc(C(N)=S)c1. The molecule has 0 amide bonds. The van der Waals surface area contributed by atoms with E-state index in [1.165, 1.54) is 5.75 Å². The van der Waals surface area contributed by atoms with Crippen molar-refractivity contribution in [2.75, 3.05) is 38.8 Å². The van der Waals surface area contributed by atoms with E-state index in [-0.39, 0.29) is 0 Å². The normalized spacial score (nSPS) is 10.7. The first-order chi connectivity index (χ1) is 9.13. The van der Waals surface area contributed by atoms with Gasteiger partial charge in [0.1, 0.15) is 10.7 Å². The molecule has 0 aliphatic heterocycles. The summed E-state index contributed by atoms with van der Waals surface area (Å²) in [5.74, 6) is 2.00. The van der Waals surface area contributed by atoms with E-state index in [0.29, 0.717) is 11.6 Å². The highest BCUT2D eigenvalue weighted by molar-refractivity contribution is 7.98. The second kappa shape index (κ2) is 9.18. The van der Waals surface area contributed by atoms with Crippen LogP contribution in [-0.4, -0.2) is 48.6 Å². The third-order valence-corrected chi connectivity index (χ3v) is 3.58. The first-order valence-electron chi connectivity index (χ1n) is 6.33. The lowest BCUT2D eigenvalue weighted by molar-refractivity contribution is 0.269. The third-order valence-electron chi connectivity index (χ3n) is 2.75. The van der Waals surface area contributed by atoms with Gasteiger partial charge < -0.3 is 15.4 Å². The van der Waals surface area contributed by atoms with Crippen LogP contribution in [0.2, 0.25) is 0 Å². The smallest absolute Gasteiger partial charge is 0.119 e. The minimum atomic E-state index is 0.405. The summed E-state index contributed by atoms with van der Waals surface area (Å²) in [7, 11) is 2.14. The number of hydrogen-bond donors (Lipinski definition) is 1. The summed E-state index contributed by atoms with van der Waals surface area (Å²) in [6.07, 6.45) is 3.15. The molecule has 0 bridgehead atoms. The fourth-order valence-corrected chi connectivity index (χ4v) is 2.24. The third kappa shape index (κ3) is 6.80. The molecule has 0 heterocycles. The summed E-state index contributed by atoms with van der Waals surface area (Å²) in [5, 5.41) is 0. The first kappa shape index (κ1) is 16.3. The predicted molar refractivity (Wildman–Crippen MR) is 88.3 cm³/mol. The molecule has 0 atom stereocenters. The van der Waals surface area contributed by atoms with Crippen LogP contribution in [0.25, 0.3) is 0 Å². The second-order valence-corrected chi connectivity index (χ2v) is 5.82. The van der Waals surface area contributed by atoms with Crippen molar-refractivity contribution in [2.24, 2.45) is 5.73 Å². The highest BCUT2D eigenvalue weighted by atomic mass is 32.2. The van der Waals surface area contributed by atoms with Gasteiger partial charge in [-0.1, -0.05) is 24.4 Å². The zero-order valence-corrected chi connectivity index (χ0v) is 13.2. The van der Waals surface area contributed by atoms with E-state index in [0.717, 1.165) is 30.8 Å². The molecule has 2 N–H and O–H groups in total. The minimum Gasteiger partial charge on any atom is -0.494 e. The van der Waals surface area contributed by atoms with Crippen LogP contribution in [0, 0.1) is 0 Å². The predicted octanol–water partition coefficient (Wildman–Crippen LogP) is 2.38. The van der Waals surface area contributed by atoms with Gasteiger partial charge in [0.25, 0.3) is 0 Å². The van der Waals surface area contributed by atoms with Crippen LogP contribution < -0.4 is 10.5 Å². The van der Waals surface area contributed by atoms with Crippen LogP contribution >= 0.6 is 24.0 Å².